The fourth-order valence-corrected chi connectivity index (χ4v) is 2.17. The molecule has 2 nitrogen and oxygen atoms in total. The van der Waals surface area contributed by atoms with E-state index in [2.05, 4.69) is 0 Å². The van der Waals surface area contributed by atoms with Crippen LogP contribution < -0.4 is 5.73 Å². The Morgan fingerprint density at radius 3 is 2.43 bits per heavy atom. The van der Waals surface area contributed by atoms with Gasteiger partial charge in [-0.1, -0.05) is 32.0 Å². The second-order valence-electron chi connectivity index (χ2n) is 6.12. The molecular formula is C16H22F3NO. The van der Waals surface area contributed by atoms with E-state index < -0.39 is 11.7 Å². The summed E-state index contributed by atoms with van der Waals surface area (Å²) in [6.45, 7) is 4.64. The molecular weight excluding hydrogens is 279 g/mol. The van der Waals surface area contributed by atoms with Crippen molar-refractivity contribution >= 4 is 5.78 Å². The van der Waals surface area contributed by atoms with Gasteiger partial charge in [-0.05, 0) is 36.4 Å². The van der Waals surface area contributed by atoms with Crippen molar-refractivity contribution < 1.29 is 18.0 Å². The van der Waals surface area contributed by atoms with Gasteiger partial charge in [-0.3, -0.25) is 4.79 Å². The Morgan fingerprint density at radius 1 is 1.19 bits per heavy atom. The molecule has 0 unspecified atom stereocenters. The summed E-state index contributed by atoms with van der Waals surface area (Å²) < 4.78 is 37.8. The van der Waals surface area contributed by atoms with Crippen LogP contribution in [0.1, 0.15) is 44.2 Å². The number of ketones is 1. The number of rotatable bonds is 7. The number of benzene rings is 1. The molecule has 1 aromatic carbocycles. The molecule has 0 atom stereocenters. The van der Waals surface area contributed by atoms with Crippen molar-refractivity contribution in [2.24, 2.45) is 11.1 Å². The predicted octanol–water partition coefficient (Wildman–Crippen LogP) is 3.97. The highest BCUT2D eigenvalue weighted by Crippen LogP contribution is 2.30. The number of carbonyl (C=O) groups excluding carboxylic acids is 1. The Hall–Kier alpha value is -1.36. The second kappa shape index (κ2) is 7.07. The fraction of sp³-hybridized carbons (Fsp3) is 0.562. The van der Waals surface area contributed by atoms with Gasteiger partial charge in [0.2, 0.25) is 0 Å². The molecule has 0 heterocycles. The molecule has 0 amide bonds. The van der Waals surface area contributed by atoms with E-state index in [9.17, 15) is 18.0 Å². The van der Waals surface area contributed by atoms with Crippen LogP contribution in [0.25, 0.3) is 0 Å². The van der Waals surface area contributed by atoms with Gasteiger partial charge < -0.3 is 5.73 Å². The Balaban J connectivity index is 2.60. The monoisotopic (exact) mass is 301 g/mol. The third-order valence-electron chi connectivity index (χ3n) is 3.56. The molecule has 0 aliphatic carbocycles. The second-order valence-corrected chi connectivity index (χ2v) is 6.12. The van der Waals surface area contributed by atoms with Gasteiger partial charge in [-0.2, -0.15) is 13.2 Å². The van der Waals surface area contributed by atoms with Gasteiger partial charge in [-0.25, -0.2) is 0 Å². The number of carbonyl (C=O) groups is 1. The zero-order valence-corrected chi connectivity index (χ0v) is 12.5. The summed E-state index contributed by atoms with van der Waals surface area (Å²) in [4.78, 5) is 11.9. The largest absolute Gasteiger partial charge is 0.416 e. The average Bonchev–Trinajstić information content (AvgIpc) is 2.36. The summed E-state index contributed by atoms with van der Waals surface area (Å²) in [5.74, 6) is -0.0422. The molecule has 0 saturated carbocycles. The molecule has 0 saturated heterocycles. The number of nitrogens with two attached hydrogens (primary N) is 1. The highest BCUT2D eigenvalue weighted by Gasteiger charge is 2.30. The molecule has 1 aromatic rings. The Bertz CT molecular complexity index is 481. The maximum absolute atomic E-state index is 12.6. The first-order valence-electron chi connectivity index (χ1n) is 7.02. The van der Waals surface area contributed by atoms with Crippen molar-refractivity contribution in [2.45, 2.75) is 45.7 Å². The lowest BCUT2D eigenvalue weighted by Crippen LogP contribution is -2.19. The first-order chi connectivity index (χ1) is 9.64. The van der Waals surface area contributed by atoms with Crippen LogP contribution in [0.15, 0.2) is 24.3 Å². The first-order valence-corrected chi connectivity index (χ1v) is 7.02. The highest BCUT2D eigenvalue weighted by atomic mass is 19.4. The molecule has 0 spiro atoms. The zero-order valence-electron chi connectivity index (χ0n) is 12.5. The molecule has 1 rings (SSSR count). The van der Waals surface area contributed by atoms with E-state index in [1.807, 2.05) is 13.8 Å². The summed E-state index contributed by atoms with van der Waals surface area (Å²) >= 11 is 0. The molecule has 0 aliphatic heterocycles. The SMILES string of the molecule is CC(C)(CCN)CCC(=O)Cc1cccc(C(F)(F)F)c1. The normalized spacial score (nSPS) is 12.5. The predicted molar refractivity (Wildman–Crippen MR) is 76.8 cm³/mol. The fourth-order valence-electron chi connectivity index (χ4n) is 2.17. The van der Waals surface area contributed by atoms with Gasteiger partial charge in [0, 0.05) is 12.8 Å². The van der Waals surface area contributed by atoms with Crippen molar-refractivity contribution in [3.8, 4) is 0 Å². The molecule has 0 radical (unpaired) electrons. The van der Waals surface area contributed by atoms with Gasteiger partial charge in [-0.15, -0.1) is 0 Å². The summed E-state index contributed by atoms with van der Waals surface area (Å²) in [6.07, 6.45) is -2.44. The third-order valence-corrected chi connectivity index (χ3v) is 3.56. The molecule has 0 aliphatic rings. The van der Waals surface area contributed by atoms with Gasteiger partial charge in [0.05, 0.1) is 5.56 Å². The van der Waals surface area contributed by atoms with Crippen LogP contribution in [0, 0.1) is 5.41 Å². The lowest BCUT2D eigenvalue weighted by atomic mass is 9.83. The lowest BCUT2D eigenvalue weighted by molar-refractivity contribution is -0.137. The standard InChI is InChI=1S/C16H22F3NO/c1-15(2,8-9-20)7-6-14(21)11-12-4-3-5-13(10-12)16(17,18)19/h3-5,10H,6-9,11,20H2,1-2H3. The molecule has 0 bridgehead atoms. The van der Waals surface area contributed by atoms with Crippen LogP contribution in [0.4, 0.5) is 13.2 Å². The number of alkyl halides is 3. The molecule has 0 aromatic heterocycles. The maximum atomic E-state index is 12.6. The van der Waals surface area contributed by atoms with E-state index >= 15 is 0 Å². The minimum atomic E-state index is -4.37. The Labute approximate surface area is 123 Å². The van der Waals surface area contributed by atoms with Gasteiger partial charge >= 0.3 is 6.18 Å². The first kappa shape index (κ1) is 17.7. The van der Waals surface area contributed by atoms with Crippen LogP contribution in [-0.4, -0.2) is 12.3 Å². The van der Waals surface area contributed by atoms with Gasteiger partial charge in [0.25, 0.3) is 0 Å². The van der Waals surface area contributed by atoms with E-state index in [0.29, 0.717) is 24.9 Å². The number of hydrogen-bond acceptors (Lipinski definition) is 2. The lowest BCUT2D eigenvalue weighted by Gasteiger charge is -2.23. The van der Waals surface area contributed by atoms with E-state index in [1.165, 1.54) is 6.07 Å². The highest BCUT2D eigenvalue weighted by molar-refractivity contribution is 5.80. The number of hydrogen-bond donors (Lipinski definition) is 1. The quantitative estimate of drug-likeness (QED) is 0.828. The number of Topliss-reactive ketones (excluding diaryl/α,β-unsaturated/α-hetero) is 1. The Morgan fingerprint density at radius 2 is 1.86 bits per heavy atom. The molecule has 118 valence electrons. The van der Waals surface area contributed by atoms with Crippen LogP contribution in [0.2, 0.25) is 0 Å². The smallest absolute Gasteiger partial charge is 0.330 e. The Kier molecular flexibility index (Phi) is 5.96. The van der Waals surface area contributed by atoms with Gasteiger partial charge in [0.15, 0.2) is 0 Å². The van der Waals surface area contributed by atoms with Crippen LogP contribution in [0.5, 0.6) is 0 Å². The van der Waals surface area contributed by atoms with Crippen molar-refractivity contribution in [3.63, 3.8) is 0 Å². The van der Waals surface area contributed by atoms with Crippen LogP contribution in [-0.2, 0) is 17.4 Å². The maximum Gasteiger partial charge on any atom is 0.416 e. The van der Waals surface area contributed by atoms with Crippen molar-refractivity contribution in [2.75, 3.05) is 6.54 Å². The van der Waals surface area contributed by atoms with E-state index in [-0.39, 0.29) is 17.6 Å². The molecule has 2 N–H and O–H groups in total. The van der Waals surface area contributed by atoms with E-state index in [4.69, 9.17) is 5.73 Å². The summed E-state index contributed by atoms with van der Waals surface area (Å²) in [7, 11) is 0. The topological polar surface area (TPSA) is 43.1 Å². The number of halogens is 3. The van der Waals surface area contributed by atoms with Crippen LogP contribution >= 0.6 is 0 Å². The third kappa shape index (κ3) is 6.29. The van der Waals surface area contributed by atoms with Crippen molar-refractivity contribution in [1.82, 2.24) is 0 Å². The minimum absolute atomic E-state index is 0.0156. The zero-order chi connectivity index (χ0) is 16.1. The van der Waals surface area contributed by atoms with Crippen LogP contribution in [0.3, 0.4) is 0 Å². The molecule has 5 heteroatoms. The van der Waals surface area contributed by atoms with E-state index in [0.717, 1.165) is 18.6 Å². The average molecular weight is 301 g/mol. The van der Waals surface area contributed by atoms with Crippen molar-refractivity contribution in [3.05, 3.63) is 35.4 Å². The van der Waals surface area contributed by atoms with Crippen molar-refractivity contribution in [1.29, 1.82) is 0 Å². The molecule has 0 fully saturated rings. The summed E-state index contributed by atoms with van der Waals surface area (Å²) in [5.41, 5.74) is 5.19. The van der Waals surface area contributed by atoms with Gasteiger partial charge in [0.1, 0.15) is 5.78 Å². The summed E-state index contributed by atoms with van der Waals surface area (Å²) in [6, 6.07) is 4.95. The summed E-state index contributed by atoms with van der Waals surface area (Å²) in [5, 5.41) is 0. The van der Waals surface area contributed by atoms with E-state index in [1.54, 1.807) is 6.07 Å². The molecule has 21 heavy (non-hydrogen) atoms. The minimum Gasteiger partial charge on any atom is -0.330 e.